The molecule has 1 aliphatic heterocycles. The van der Waals surface area contributed by atoms with Gasteiger partial charge < -0.3 is 14.6 Å². The number of carbonyl (C=O) groups is 1. The van der Waals surface area contributed by atoms with Gasteiger partial charge in [0.25, 0.3) is 0 Å². The van der Waals surface area contributed by atoms with Crippen molar-refractivity contribution in [2.75, 3.05) is 33.3 Å². The summed E-state index contributed by atoms with van der Waals surface area (Å²) in [5.74, 6) is 2.31. The molecule has 1 saturated carbocycles. The van der Waals surface area contributed by atoms with Crippen molar-refractivity contribution in [3.63, 3.8) is 0 Å². The molecule has 2 aliphatic rings. The van der Waals surface area contributed by atoms with E-state index in [1.165, 1.54) is 5.56 Å². The molecule has 0 atom stereocenters. The monoisotopic (exact) mass is 496 g/mol. The van der Waals surface area contributed by atoms with Crippen molar-refractivity contribution in [2.24, 2.45) is 5.92 Å². The first-order valence-corrected chi connectivity index (χ1v) is 13.0. The average molecular weight is 497 g/mol. The first kappa shape index (κ1) is 23.6. The van der Waals surface area contributed by atoms with Gasteiger partial charge in [0.1, 0.15) is 11.6 Å². The fourth-order valence-electron chi connectivity index (χ4n) is 5.12. The number of ether oxygens (including phenoxy) is 1. The molecule has 0 spiro atoms. The fourth-order valence-corrected chi connectivity index (χ4v) is 5.12. The second kappa shape index (κ2) is 9.94. The number of aromatic nitrogens is 4. The van der Waals surface area contributed by atoms with E-state index in [-0.39, 0.29) is 0 Å². The van der Waals surface area contributed by atoms with Gasteiger partial charge in [0.15, 0.2) is 0 Å². The molecule has 37 heavy (non-hydrogen) atoms. The van der Waals surface area contributed by atoms with Gasteiger partial charge >= 0.3 is 0 Å². The lowest BCUT2D eigenvalue weighted by Crippen LogP contribution is -2.48. The molecule has 6 rings (SSSR count). The summed E-state index contributed by atoms with van der Waals surface area (Å²) in [4.78, 5) is 34.0. The van der Waals surface area contributed by atoms with Gasteiger partial charge in [-0.05, 0) is 61.2 Å². The Morgan fingerprint density at radius 1 is 1.08 bits per heavy atom. The number of carbonyl (C=O) groups excluding carboxylic acids is 1. The molecule has 0 bridgehead atoms. The van der Waals surface area contributed by atoms with Crippen molar-refractivity contribution < 1.29 is 9.53 Å². The Labute approximate surface area is 216 Å². The van der Waals surface area contributed by atoms with Crippen molar-refractivity contribution in [3.8, 4) is 16.9 Å². The van der Waals surface area contributed by atoms with Crippen LogP contribution in [0.3, 0.4) is 0 Å². The van der Waals surface area contributed by atoms with Crippen LogP contribution in [0.4, 0.5) is 0 Å². The number of amides is 1. The molecular formula is C29H32N6O2. The quantitative estimate of drug-likeness (QED) is 0.417. The molecule has 2 fully saturated rings. The molecule has 8 heteroatoms. The van der Waals surface area contributed by atoms with Crippen LogP contribution in [0.5, 0.6) is 5.75 Å². The second-order valence-corrected chi connectivity index (χ2v) is 10.1. The third kappa shape index (κ3) is 5.20. The van der Waals surface area contributed by atoms with Gasteiger partial charge in [-0.25, -0.2) is 4.98 Å². The van der Waals surface area contributed by atoms with Crippen molar-refractivity contribution >= 4 is 16.9 Å². The predicted molar refractivity (Wildman–Crippen MR) is 142 cm³/mol. The molecule has 4 aromatic rings. The maximum Gasteiger partial charge on any atom is 0.225 e. The van der Waals surface area contributed by atoms with Crippen molar-refractivity contribution in [3.05, 3.63) is 71.6 Å². The summed E-state index contributed by atoms with van der Waals surface area (Å²) in [7, 11) is 1.67. The van der Waals surface area contributed by atoms with E-state index in [4.69, 9.17) is 9.72 Å². The minimum absolute atomic E-state index is 0.307. The SMILES string of the molecule is COc1cnc(C)cc1-c1ccc2nc(Cc3cc(CN4CCN(C(=O)C5CC5)CC4)ccn3)[nH]c2c1. The Bertz CT molecular complexity index is 1440. The summed E-state index contributed by atoms with van der Waals surface area (Å²) in [6, 6.07) is 12.5. The van der Waals surface area contributed by atoms with Crippen molar-refractivity contribution in [1.29, 1.82) is 0 Å². The lowest BCUT2D eigenvalue weighted by molar-refractivity contribution is -0.134. The summed E-state index contributed by atoms with van der Waals surface area (Å²) in [5.41, 5.74) is 7.17. The van der Waals surface area contributed by atoms with Gasteiger partial charge in [-0.15, -0.1) is 0 Å². The normalized spacial score (nSPS) is 16.3. The smallest absolute Gasteiger partial charge is 0.225 e. The molecule has 190 valence electrons. The van der Waals surface area contributed by atoms with Crippen LogP contribution in [0.15, 0.2) is 48.8 Å². The average Bonchev–Trinajstić information content (AvgIpc) is 3.68. The summed E-state index contributed by atoms with van der Waals surface area (Å²) < 4.78 is 5.53. The molecule has 1 N–H and O–H groups in total. The summed E-state index contributed by atoms with van der Waals surface area (Å²) in [6.07, 6.45) is 6.43. The number of aryl methyl sites for hydroxylation is 1. The van der Waals surface area contributed by atoms with E-state index in [0.29, 0.717) is 18.2 Å². The van der Waals surface area contributed by atoms with Gasteiger partial charge in [-0.1, -0.05) is 6.07 Å². The zero-order valence-corrected chi connectivity index (χ0v) is 21.4. The first-order valence-electron chi connectivity index (χ1n) is 13.0. The number of aromatic amines is 1. The molecule has 1 amide bonds. The highest BCUT2D eigenvalue weighted by Crippen LogP contribution is 2.32. The molecule has 1 aliphatic carbocycles. The van der Waals surface area contributed by atoms with Crippen molar-refractivity contribution in [1.82, 2.24) is 29.7 Å². The Morgan fingerprint density at radius 3 is 2.70 bits per heavy atom. The van der Waals surface area contributed by atoms with E-state index >= 15 is 0 Å². The zero-order chi connectivity index (χ0) is 25.4. The molecule has 1 saturated heterocycles. The van der Waals surface area contributed by atoms with Gasteiger partial charge in [0.05, 0.1) is 24.3 Å². The van der Waals surface area contributed by atoms with Crippen LogP contribution < -0.4 is 4.74 Å². The standard InChI is InChI=1S/C29H32N6O2/c1-19-13-24(27(37-2)17-31-19)22-5-6-25-26(15-22)33-28(32-25)16-23-14-20(7-8-30-23)18-34-9-11-35(12-10-34)29(36)21-3-4-21/h5-8,13-15,17,21H,3-4,9-12,16,18H2,1-2H3,(H,32,33). The largest absolute Gasteiger partial charge is 0.494 e. The minimum atomic E-state index is 0.307. The molecule has 3 aromatic heterocycles. The Hall–Kier alpha value is -3.78. The van der Waals surface area contributed by atoms with E-state index in [1.807, 2.05) is 30.2 Å². The van der Waals surface area contributed by atoms with Crippen LogP contribution in [0.1, 0.15) is 35.6 Å². The maximum absolute atomic E-state index is 12.3. The Morgan fingerprint density at radius 2 is 1.92 bits per heavy atom. The van der Waals surface area contributed by atoms with E-state index in [2.05, 4.69) is 44.1 Å². The van der Waals surface area contributed by atoms with E-state index in [1.54, 1.807) is 13.3 Å². The van der Waals surface area contributed by atoms with Crippen LogP contribution in [0.25, 0.3) is 22.2 Å². The number of hydrogen-bond donors (Lipinski definition) is 1. The van der Waals surface area contributed by atoms with Crippen LogP contribution >= 0.6 is 0 Å². The first-order chi connectivity index (χ1) is 18.1. The van der Waals surface area contributed by atoms with Crippen LogP contribution in [0.2, 0.25) is 0 Å². The van der Waals surface area contributed by atoms with Gasteiger partial charge in [0.2, 0.25) is 5.91 Å². The summed E-state index contributed by atoms with van der Waals surface area (Å²) >= 11 is 0. The van der Waals surface area contributed by atoms with Crippen LogP contribution in [0, 0.1) is 12.8 Å². The van der Waals surface area contributed by atoms with Gasteiger partial charge in [0, 0.05) is 68.2 Å². The molecule has 1 aromatic carbocycles. The Kier molecular flexibility index (Phi) is 6.34. The predicted octanol–water partition coefficient (Wildman–Crippen LogP) is 3.98. The molecular weight excluding hydrogens is 464 g/mol. The minimum Gasteiger partial charge on any atom is -0.494 e. The number of pyridine rings is 2. The van der Waals surface area contributed by atoms with Crippen LogP contribution in [-0.4, -0.2) is 68.9 Å². The Balaban J connectivity index is 1.13. The highest BCUT2D eigenvalue weighted by atomic mass is 16.5. The maximum atomic E-state index is 12.3. The summed E-state index contributed by atoms with van der Waals surface area (Å²) in [5, 5.41) is 0. The number of nitrogens with zero attached hydrogens (tertiary/aromatic N) is 5. The molecule has 0 unspecified atom stereocenters. The topological polar surface area (TPSA) is 87.2 Å². The summed E-state index contributed by atoms with van der Waals surface area (Å²) in [6.45, 7) is 6.36. The third-order valence-electron chi connectivity index (χ3n) is 7.31. The zero-order valence-electron chi connectivity index (χ0n) is 21.4. The number of benzene rings is 1. The molecule has 4 heterocycles. The number of piperazine rings is 1. The molecule has 0 radical (unpaired) electrons. The lowest BCUT2D eigenvalue weighted by Gasteiger charge is -2.35. The highest BCUT2D eigenvalue weighted by Gasteiger charge is 2.34. The number of hydrogen-bond acceptors (Lipinski definition) is 6. The van der Waals surface area contributed by atoms with E-state index in [9.17, 15) is 4.79 Å². The van der Waals surface area contributed by atoms with Gasteiger partial charge in [-0.3, -0.25) is 19.7 Å². The number of fused-ring (bicyclic) bond motifs is 1. The molecule has 8 nitrogen and oxygen atoms in total. The van der Waals surface area contributed by atoms with E-state index in [0.717, 1.165) is 90.7 Å². The number of nitrogens with one attached hydrogen (secondary N) is 1. The fraction of sp³-hybridized carbons (Fsp3) is 0.379. The number of methoxy groups -OCH3 is 1. The van der Waals surface area contributed by atoms with Crippen LogP contribution in [-0.2, 0) is 17.8 Å². The van der Waals surface area contributed by atoms with Crippen molar-refractivity contribution in [2.45, 2.75) is 32.7 Å². The lowest BCUT2D eigenvalue weighted by atomic mass is 10.0. The highest BCUT2D eigenvalue weighted by molar-refractivity contribution is 5.83. The van der Waals surface area contributed by atoms with E-state index < -0.39 is 0 Å². The number of H-pyrrole nitrogens is 1. The second-order valence-electron chi connectivity index (χ2n) is 10.1. The third-order valence-corrected chi connectivity index (χ3v) is 7.31. The van der Waals surface area contributed by atoms with Gasteiger partial charge in [-0.2, -0.15) is 0 Å². The number of rotatable bonds is 7. The number of imidazole rings is 1.